The molecule has 0 radical (unpaired) electrons. The summed E-state index contributed by atoms with van der Waals surface area (Å²) in [5, 5.41) is 0. The van der Waals surface area contributed by atoms with Crippen LogP contribution in [0.25, 0.3) is 0 Å². The largest absolute Gasteiger partial charge is 1.00 e. The van der Waals surface area contributed by atoms with Gasteiger partial charge in [0.25, 0.3) is 0 Å². The highest BCUT2D eigenvalue weighted by atomic mass is 35.5. The number of nitrogens with zero attached hydrogens (tertiary/aromatic N) is 2. The molecule has 12 heavy (non-hydrogen) atoms. The van der Waals surface area contributed by atoms with Gasteiger partial charge in [0.2, 0.25) is 5.84 Å². The minimum absolute atomic E-state index is 0. The molecule has 0 aromatic heterocycles. The van der Waals surface area contributed by atoms with Gasteiger partial charge in [-0.15, -0.1) is 0 Å². The SMILES string of the molecule is CCCC[N+]1(C)C=CN=C1C.[Cl-]. The summed E-state index contributed by atoms with van der Waals surface area (Å²) in [6.45, 7) is 5.50. The molecule has 3 heteroatoms. The van der Waals surface area contributed by atoms with Gasteiger partial charge in [0.05, 0.1) is 19.8 Å². The molecule has 1 heterocycles. The van der Waals surface area contributed by atoms with Crippen molar-refractivity contribution in [3.63, 3.8) is 0 Å². The summed E-state index contributed by atoms with van der Waals surface area (Å²) < 4.78 is 0.911. The van der Waals surface area contributed by atoms with Gasteiger partial charge in [-0.05, 0) is 6.42 Å². The molecule has 1 aliphatic rings. The van der Waals surface area contributed by atoms with Gasteiger partial charge in [-0.3, -0.25) is 4.48 Å². The normalized spacial score (nSPS) is 26.8. The molecule has 2 nitrogen and oxygen atoms in total. The third kappa shape index (κ3) is 2.32. The number of aliphatic imine (C=N–C) groups is 1. The number of quaternary nitrogens is 1. The molecular weight excluding hydrogens is 172 g/mol. The Morgan fingerprint density at radius 1 is 1.50 bits per heavy atom. The fourth-order valence-corrected chi connectivity index (χ4v) is 1.25. The Morgan fingerprint density at radius 3 is 2.58 bits per heavy atom. The predicted molar refractivity (Wildman–Crippen MR) is 48.2 cm³/mol. The van der Waals surface area contributed by atoms with Crippen LogP contribution in [0.2, 0.25) is 0 Å². The van der Waals surface area contributed by atoms with Crippen LogP contribution in [0.15, 0.2) is 17.4 Å². The minimum atomic E-state index is 0. The average molecular weight is 189 g/mol. The molecule has 0 aliphatic carbocycles. The van der Waals surface area contributed by atoms with Gasteiger partial charge in [0.15, 0.2) is 0 Å². The molecule has 1 aliphatic heterocycles. The molecule has 0 N–H and O–H groups in total. The van der Waals surface area contributed by atoms with Gasteiger partial charge in [-0.2, -0.15) is 0 Å². The summed E-state index contributed by atoms with van der Waals surface area (Å²) >= 11 is 0. The summed E-state index contributed by atoms with van der Waals surface area (Å²) in [7, 11) is 2.21. The summed E-state index contributed by atoms with van der Waals surface area (Å²) in [6.07, 6.45) is 6.60. The van der Waals surface area contributed by atoms with Crippen LogP contribution >= 0.6 is 0 Å². The second kappa shape index (κ2) is 4.63. The van der Waals surface area contributed by atoms with E-state index >= 15 is 0 Å². The van der Waals surface area contributed by atoms with E-state index in [1.54, 1.807) is 0 Å². The van der Waals surface area contributed by atoms with E-state index in [-0.39, 0.29) is 12.4 Å². The van der Waals surface area contributed by atoms with Gasteiger partial charge < -0.3 is 12.4 Å². The zero-order valence-electron chi connectivity index (χ0n) is 8.05. The van der Waals surface area contributed by atoms with Crippen LogP contribution in [-0.2, 0) is 0 Å². The first-order valence-corrected chi connectivity index (χ1v) is 4.27. The van der Waals surface area contributed by atoms with E-state index < -0.39 is 0 Å². The minimum Gasteiger partial charge on any atom is -1.00 e. The third-order valence-electron chi connectivity index (χ3n) is 2.37. The molecule has 0 aromatic rings. The lowest BCUT2D eigenvalue weighted by Gasteiger charge is -2.25. The number of rotatable bonds is 3. The van der Waals surface area contributed by atoms with Gasteiger partial charge >= 0.3 is 0 Å². The maximum Gasteiger partial charge on any atom is 0.204 e. The van der Waals surface area contributed by atoms with Crippen LogP contribution in [0.5, 0.6) is 0 Å². The van der Waals surface area contributed by atoms with Gasteiger partial charge in [0, 0.05) is 6.92 Å². The molecular formula is C9H17ClN2. The quantitative estimate of drug-likeness (QED) is 0.512. The van der Waals surface area contributed by atoms with E-state index in [0.717, 1.165) is 4.48 Å². The van der Waals surface area contributed by atoms with Crippen molar-refractivity contribution in [3.05, 3.63) is 12.4 Å². The fraction of sp³-hybridized carbons (Fsp3) is 0.667. The van der Waals surface area contributed by atoms with Crippen molar-refractivity contribution in [2.45, 2.75) is 26.7 Å². The molecule has 0 saturated heterocycles. The summed E-state index contributed by atoms with van der Waals surface area (Å²) in [5.74, 6) is 1.21. The molecule has 0 amide bonds. The molecule has 1 atom stereocenters. The molecule has 1 unspecified atom stereocenters. The van der Waals surface area contributed by atoms with E-state index in [9.17, 15) is 0 Å². The Kier molecular flexibility index (Phi) is 4.50. The van der Waals surface area contributed by atoms with Crippen LogP contribution in [0.4, 0.5) is 0 Å². The van der Waals surface area contributed by atoms with Gasteiger partial charge in [-0.25, -0.2) is 4.99 Å². The molecule has 0 aromatic carbocycles. The third-order valence-corrected chi connectivity index (χ3v) is 2.37. The smallest absolute Gasteiger partial charge is 0.204 e. The first-order valence-electron chi connectivity index (χ1n) is 4.27. The Hall–Kier alpha value is -0.340. The summed E-state index contributed by atoms with van der Waals surface area (Å²) in [5.41, 5.74) is 0. The Labute approximate surface area is 81.0 Å². The molecule has 1 rings (SSSR count). The average Bonchev–Trinajstić information content (AvgIpc) is 2.30. The Bertz CT molecular complexity index is 199. The zero-order valence-corrected chi connectivity index (χ0v) is 8.80. The topological polar surface area (TPSA) is 12.4 Å². The molecule has 70 valence electrons. The maximum absolute atomic E-state index is 4.25. The predicted octanol–water partition coefficient (Wildman–Crippen LogP) is -0.860. The number of hydrogen-bond donors (Lipinski definition) is 0. The van der Waals surface area contributed by atoms with Crippen LogP contribution in [0, 0.1) is 0 Å². The Balaban J connectivity index is 0.00000121. The lowest BCUT2D eigenvalue weighted by atomic mass is 10.3. The molecule has 0 fully saturated rings. The Morgan fingerprint density at radius 2 is 2.17 bits per heavy atom. The maximum atomic E-state index is 4.25. The van der Waals surface area contributed by atoms with Crippen molar-refractivity contribution in [2.75, 3.05) is 13.6 Å². The van der Waals surface area contributed by atoms with E-state index in [0.29, 0.717) is 0 Å². The van der Waals surface area contributed by atoms with Crippen LogP contribution < -0.4 is 12.4 Å². The summed E-state index contributed by atoms with van der Waals surface area (Å²) in [4.78, 5) is 4.25. The second-order valence-corrected chi connectivity index (χ2v) is 3.32. The van der Waals surface area contributed by atoms with E-state index in [4.69, 9.17) is 0 Å². The van der Waals surface area contributed by atoms with E-state index in [1.807, 2.05) is 6.20 Å². The summed E-state index contributed by atoms with van der Waals surface area (Å²) in [6, 6.07) is 0. The number of unbranched alkanes of at least 4 members (excludes halogenated alkanes) is 1. The fourth-order valence-electron chi connectivity index (χ4n) is 1.25. The lowest BCUT2D eigenvalue weighted by Crippen LogP contribution is -3.00. The van der Waals surface area contributed by atoms with Gasteiger partial charge in [-0.1, -0.05) is 13.3 Å². The van der Waals surface area contributed by atoms with E-state index in [2.05, 4.69) is 32.1 Å². The zero-order chi connectivity index (χ0) is 8.32. The van der Waals surface area contributed by atoms with Crippen molar-refractivity contribution in [3.8, 4) is 0 Å². The van der Waals surface area contributed by atoms with Crippen molar-refractivity contribution in [1.29, 1.82) is 0 Å². The highest BCUT2D eigenvalue weighted by molar-refractivity contribution is 5.75. The first kappa shape index (κ1) is 11.7. The molecule has 0 spiro atoms. The van der Waals surface area contributed by atoms with Crippen molar-refractivity contribution in [2.24, 2.45) is 4.99 Å². The van der Waals surface area contributed by atoms with Crippen LogP contribution in [0.1, 0.15) is 26.7 Å². The molecule has 0 saturated carbocycles. The number of amidine groups is 1. The highest BCUT2D eigenvalue weighted by Gasteiger charge is 2.25. The van der Waals surface area contributed by atoms with Gasteiger partial charge in [0.1, 0.15) is 6.20 Å². The van der Waals surface area contributed by atoms with Crippen molar-refractivity contribution >= 4 is 5.84 Å². The standard InChI is InChI=1S/C9H17N2.ClH/c1-4-5-7-11(3)8-6-10-9(11)2;/h6,8H,4-5,7H2,1-3H3;1H/q+1;/p-1. The monoisotopic (exact) mass is 188 g/mol. The second-order valence-electron chi connectivity index (χ2n) is 3.32. The van der Waals surface area contributed by atoms with Crippen LogP contribution in [-0.4, -0.2) is 23.9 Å². The van der Waals surface area contributed by atoms with E-state index in [1.165, 1.54) is 25.2 Å². The number of halogens is 1. The van der Waals surface area contributed by atoms with Crippen LogP contribution in [0.3, 0.4) is 0 Å². The molecule has 0 bridgehead atoms. The number of hydrogen-bond acceptors (Lipinski definition) is 1. The van der Waals surface area contributed by atoms with Crippen molar-refractivity contribution in [1.82, 2.24) is 0 Å². The first-order chi connectivity index (χ1) is 5.19. The highest BCUT2D eigenvalue weighted by Crippen LogP contribution is 2.14. The lowest BCUT2D eigenvalue weighted by molar-refractivity contribution is -0.764. The van der Waals surface area contributed by atoms with Crippen molar-refractivity contribution < 1.29 is 16.9 Å².